The lowest BCUT2D eigenvalue weighted by Gasteiger charge is -2.19. The van der Waals surface area contributed by atoms with Crippen LogP contribution in [0.2, 0.25) is 0 Å². The molecule has 3 nitrogen and oxygen atoms in total. The Morgan fingerprint density at radius 2 is 2.00 bits per heavy atom. The minimum Gasteiger partial charge on any atom is -0.207 e. The van der Waals surface area contributed by atoms with Crippen molar-refractivity contribution in [2.24, 2.45) is 0 Å². The number of hydrogen-bond donors (Lipinski definition) is 0. The number of halogens is 1. The highest BCUT2D eigenvalue weighted by Gasteiger charge is 2.24. The van der Waals surface area contributed by atoms with Crippen LogP contribution in [0, 0.1) is 13.8 Å². The van der Waals surface area contributed by atoms with E-state index < -0.39 is 10.0 Å². The molecule has 0 aliphatic carbocycles. The summed E-state index contributed by atoms with van der Waals surface area (Å²) in [4.78, 5) is 1.36. The normalized spacial score (nSPS) is 12.0. The molecule has 0 amide bonds. The number of benzene rings is 1. The molecule has 21 heavy (non-hydrogen) atoms. The molecule has 0 atom stereocenters. The van der Waals surface area contributed by atoms with E-state index >= 15 is 0 Å². The first-order valence-corrected chi connectivity index (χ1v) is 9.36. The zero-order chi connectivity index (χ0) is 15.6. The second-order valence-electron chi connectivity index (χ2n) is 5.01. The smallest absolute Gasteiger partial charge is 0.207 e. The summed E-state index contributed by atoms with van der Waals surface area (Å²) < 4.78 is 27.0. The standard InChI is InChI=1S/C15H18ClNO2S2/c1-11-7-13(9-16)8-15(12(11)2)21(18,19)17(3)10-14-5-4-6-20-14/h4-8H,9-10H2,1-3H3. The Kier molecular flexibility index (Phi) is 5.09. The summed E-state index contributed by atoms with van der Waals surface area (Å²) in [6.45, 7) is 4.12. The Bertz CT molecular complexity index is 724. The first-order valence-electron chi connectivity index (χ1n) is 6.51. The van der Waals surface area contributed by atoms with E-state index in [-0.39, 0.29) is 0 Å². The van der Waals surface area contributed by atoms with Crippen LogP contribution in [-0.2, 0) is 22.4 Å². The van der Waals surface area contributed by atoms with E-state index in [0.29, 0.717) is 17.3 Å². The van der Waals surface area contributed by atoms with E-state index in [2.05, 4.69) is 0 Å². The molecule has 0 N–H and O–H groups in total. The van der Waals surface area contributed by atoms with Crippen molar-refractivity contribution in [1.29, 1.82) is 0 Å². The van der Waals surface area contributed by atoms with E-state index in [1.54, 1.807) is 24.5 Å². The Hall–Kier alpha value is -0.880. The number of thiophene rings is 1. The summed E-state index contributed by atoms with van der Waals surface area (Å²) >= 11 is 7.41. The summed E-state index contributed by atoms with van der Waals surface area (Å²) in [5.74, 6) is 0.304. The maximum Gasteiger partial charge on any atom is 0.243 e. The van der Waals surface area contributed by atoms with Crippen LogP contribution in [0.25, 0.3) is 0 Å². The van der Waals surface area contributed by atoms with Gasteiger partial charge in [-0.25, -0.2) is 8.42 Å². The predicted molar refractivity (Wildman–Crippen MR) is 88.4 cm³/mol. The molecule has 1 aromatic heterocycles. The number of rotatable bonds is 5. The minimum atomic E-state index is -3.52. The fraction of sp³-hybridized carbons (Fsp3) is 0.333. The van der Waals surface area contributed by atoms with Crippen LogP contribution in [0.5, 0.6) is 0 Å². The average Bonchev–Trinajstić information content (AvgIpc) is 2.94. The molecule has 0 aliphatic rings. The third-order valence-corrected chi connectivity index (χ3v) is 6.58. The summed E-state index contributed by atoms with van der Waals surface area (Å²) in [7, 11) is -1.91. The molecular formula is C15H18ClNO2S2. The van der Waals surface area contributed by atoms with Gasteiger partial charge in [-0.05, 0) is 48.1 Å². The third kappa shape index (κ3) is 3.48. The van der Waals surface area contributed by atoms with Crippen LogP contribution >= 0.6 is 22.9 Å². The highest BCUT2D eigenvalue weighted by atomic mass is 35.5. The summed E-state index contributed by atoms with van der Waals surface area (Å²) in [5.41, 5.74) is 2.54. The number of hydrogen-bond acceptors (Lipinski definition) is 3. The van der Waals surface area contributed by atoms with Crippen LogP contribution in [0.3, 0.4) is 0 Å². The van der Waals surface area contributed by atoms with Crippen molar-refractivity contribution in [2.75, 3.05) is 7.05 Å². The van der Waals surface area contributed by atoms with Gasteiger partial charge in [0.1, 0.15) is 0 Å². The van der Waals surface area contributed by atoms with Gasteiger partial charge in [-0.1, -0.05) is 12.1 Å². The lowest BCUT2D eigenvalue weighted by molar-refractivity contribution is 0.469. The quantitative estimate of drug-likeness (QED) is 0.771. The minimum absolute atomic E-state index is 0.304. The van der Waals surface area contributed by atoms with Gasteiger partial charge in [0.25, 0.3) is 0 Å². The van der Waals surface area contributed by atoms with Crippen molar-refractivity contribution in [3.05, 3.63) is 51.2 Å². The second-order valence-corrected chi connectivity index (χ2v) is 8.32. The van der Waals surface area contributed by atoms with E-state index in [9.17, 15) is 8.42 Å². The zero-order valence-electron chi connectivity index (χ0n) is 12.3. The molecule has 0 radical (unpaired) electrons. The molecule has 0 aliphatic heterocycles. The average molecular weight is 344 g/mol. The van der Waals surface area contributed by atoms with Gasteiger partial charge >= 0.3 is 0 Å². The molecule has 1 heterocycles. The van der Waals surface area contributed by atoms with E-state index in [1.165, 1.54) is 4.31 Å². The van der Waals surface area contributed by atoms with Crippen molar-refractivity contribution >= 4 is 33.0 Å². The highest BCUT2D eigenvalue weighted by Crippen LogP contribution is 2.26. The van der Waals surface area contributed by atoms with Crippen molar-refractivity contribution in [3.8, 4) is 0 Å². The van der Waals surface area contributed by atoms with Gasteiger partial charge in [0, 0.05) is 24.3 Å². The Morgan fingerprint density at radius 3 is 2.57 bits per heavy atom. The molecular weight excluding hydrogens is 326 g/mol. The SMILES string of the molecule is Cc1cc(CCl)cc(S(=O)(=O)N(C)Cc2cccs2)c1C. The third-order valence-electron chi connectivity index (χ3n) is 3.48. The molecule has 0 unspecified atom stereocenters. The molecule has 2 aromatic rings. The van der Waals surface area contributed by atoms with E-state index in [1.807, 2.05) is 37.4 Å². The Morgan fingerprint density at radius 1 is 1.29 bits per heavy atom. The van der Waals surface area contributed by atoms with Gasteiger partial charge in [-0.2, -0.15) is 4.31 Å². The number of nitrogens with zero attached hydrogens (tertiary/aromatic N) is 1. The first-order chi connectivity index (χ1) is 9.86. The molecule has 114 valence electrons. The van der Waals surface area contributed by atoms with Crippen molar-refractivity contribution < 1.29 is 8.42 Å². The van der Waals surface area contributed by atoms with Crippen LogP contribution in [0.4, 0.5) is 0 Å². The molecule has 2 rings (SSSR count). The summed E-state index contributed by atoms with van der Waals surface area (Å²) in [6, 6.07) is 7.46. The van der Waals surface area contributed by atoms with Gasteiger partial charge in [0.2, 0.25) is 10.0 Å². The Labute approximate surface area is 135 Å². The van der Waals surface area contributed by atoms with Crippen molar-refractivity contribution in [2.45, 2.75) is 31.2 Å². The van der Waals surface area contributed by atoms with Crippen molar-refractivity contribution in [3.63, 3.8) is 0 Å². The zero-order valence-corrected chi connectivity index (χ0v) is 14.6. The maximum absolute atomic E-state index is 12.8. The van der Waals surface area contributed by atoms with Gasteiger partial charge in [0.15, 0.2) is 0 Å². The monoisotopic (exact) mass is 343 g/mol. The lowest BCUT2D eigenvalue weighted by Crippen LogP contribution is -2.27. The van der Waals surface area contributed by atoms with E-state index in [0.717, 1.165) is 21.6 Å². The highest BCUT2D eigenvalue weighted by molar-refractivity contribution is 7.89. The second kappa shape index (κ2) is 6.48. The molecule has 0 saturated carbocycles. The van der Waals surface area contributed by atoms with Crippen LogP contribution in [0.15, 0.2) is 34.5 Å². The van der Waals surface area contributed by atoms with Gasteiger partial charge in [-0.15, -0.1) is 22.9 Å². The molecule has 0 bridgehead atoms. The summed E-state index contributed by atoms with van der Waals surface area (Å²) in [6.07, 6.45) is 0. The molecule has 1 aromatic carbocycles. The van der Waals surface area contributed by atoms with Gasteiger partial charge in [0.05, 0.1) is 4.90 Å². The van der Waals surface area contributed by atoms with Crippen LogP contribution in [-0.4, -0.2) is 19.8 Å². The number of sulfonamides is 1. The maximum atomic E-state index is 12.8. The van der Waals surface area contributed by atoms with Crippen LogP contribution < -0.4 is 0 Å². The molecule has 6 heteroatoms. The molecule has 0 spiro atoms. The van der Waals surface area contributed by atoms with Crippen molar-refractivity contribution in [1.82, 2.24) is 4.31 Å². The van der Waals surface area contributed by atoms with Crippen LogP contribution in [0.1, 0.15) is 21.6 Å². The largest absolute Gasteiger partial charge is 0.243 e. The molecule has 0 saturated heterocycles. The number of aryl methyl sites for hydroxylation is 1. The molecule has 0 fully saturated rings. The fourth-order valence-corrected chi connectivity index (χ4v) is 4.61. The lowest BCUT2D eigenvalue weighted by atomic mass is 10.1. The van der Waals surface area contributed by atoms with Gasteiger partial charge < -0.3 is 0 Å². The topological polar surface area (TPSA) is 37.4 Å². The fourth-order valence-electron chi connectivity index (χ4n) is 2.12. The van der Waals surface area contributed by atoms with E-state index in [4.69, 9.17) is 11.6 Å². The first kappa shape index (κ1) is 16.5. The number of alkyl halides is 1. The van der Waals surface area contributed by atoms with Gasteiger partial charge in [-0.3, -0.25) is 0 Å². The predicted octanol–water partition coefficient (Wildman–Crippen LogP) is 3.92. The summed E-state index contributed by atoms with van der Waals surface area (Å²) in [5, 5.41) is 1.94. The Balaban J connectivity index is 2.41.